The van der Waals surface area contributed by atoms with Crippen molar-refractivity contribution in [1.82, 2.24) is 5.32 Å². The zero-order valence-corrected chi connectivity index (χ0v) is 13.0. The van der Waals surface area contributed by atoms with Gasteiger partial charge in [-0.2, -0.15) is 0 Å². The maximum atomic E-state index is 12.8. The van der Waals surface area contributed by atoms with Crippen molar-refractivity contribution in [3.8, 4) is 0 Å². The van der Waals surface area contributed by atoms with Gasteiger partial charge in [-0.1, -0.05) is 24.3 Å². The molecule has 0 heterocycles. The molecule has 1 amide bonds. The SMILES string of the molecule is CC(=O)CSc1ccccc1C(=O)NCc1ccc(F)cc1. The Kier molecular flexibility index (Phi) is 5.72. The summed E-state index contributed by atoms with van der Waals surface area (Å²) in [5, 5.41) is 2.80. The second-order valence-electron chi connectivity index (χ2n) is 4.80. The largest absolute Gasteiger partial charge is 0.348 e. The molecule has 0 saturated carbocycles. The van der Waals surface area contributed by atoms with Crippen molar-refractivity contribution in [3.63, 3.8) is 0 Å². The van der Waals surface area contributed by atoms with Crippen molar-refractivity contribution in [2.75, 3.05) is 5.75 Å². The Bertz CT molecular complexity index is 671. The van der Waals surface area contributed by atoms with Crippen LogP contribution in [0.15, 0.2) is 53.4 Å². The molecule has 3 nitrogen and oxygen atoms in total. The van der Waals surface area contributed by atoms with E-state index >= 15 is 0 Å². The van der Waals surface area contributed by atoms with Gasteiger partial charge in [-0.15, -0.1) is 11.8 Å². The van der Waals surface area contributed by atoms with Crippen LogP contribution < -0.4 is 5.32 Å². The summed E-state index contributed by atoms with van der Waals surface area (Å²) in [6.07, 6.45) is 0. The third-order valence-electron chi connectivity index (χ3n) is 2.93. The van der Waals surface area contributed by atoms with Crippen molar-refractivity contribution in [3.05, 3.63) is 65.5 Å². The van der Waals surface area contributed by atoms with E-state index in [1.54, 1.807) is 24.3 Å². The Hall–Kier alpha value is -2.14. The van der Waals surface area contributed by atoms with Gasteiger partial charge in [0, 0.05) is 11.4 Å². The predicted octanol–water partition coefficient (Wildman–Crippen LogP) is 3.44. The maximum absolute atomic E-state index is 12.8. The number of carbonyl (C=O) groups excluding carboxylic acids is 2. The van der Waals surface area contributed by atoms with E-state index in [0.29, 0.717) is 17.9 Å². The molecule has 0 aliphatic rings. The Balaban J connectivity index is 2.02. The van der Waals surface area contributed by atoms with Crippen LogP contribution in [0.5, 0.6) is 0 Å². The van der Waals surface area contributed by atoms with Crippen LogP contribution in [0.3, 0.4) is 0 Å². The molecule has 2 aromatic rings. The van der Waals surface area contributed by atoms with E-state index in [1.165, 1.54) is 30.8 Å². The summed E-state index contributed by atoms with van der Waals surface area (Å²) in [6.45, 7) is 1.84. The topological polar surface area (TPSA) is 46.2 Å². The lowest BCUT2D eigenvalue weighted by molar-refractivity contribution is -0.114. The lowest BCUT2D eigenvalue weighted by atomic mass is 10.2. The fourth-order valence-corrected chi connectivity index (χ4v) is 2.69. The molecule has 0 radical (unpaired) electrons. The number of benzene rings is 2. The molecular weight excluding hydrogens is 301 g/mol. The van der Waals surface area contributed by atoms with Gasteiger partial charge in [0.1, 0.15) is 11.6 Å². The number of hydrogen-bond donors (Lipinski definition) is 1. The monoisotopic (exact) mass is 317 g/mol. The molecule has 0 atom stereocenters. The minimum atomic E-state index is -0.305. The first kappa shape index (κ1) is 16.2. The molecule has 2 aromatic carbocycles. The van der Waals surface area contributed by atoms with Gasteiger partial charge in [0.25, 0.3) is 5.91 Å². The number of hydrogen-bond acceptors (Lipinski definition) is 3. The lowest BCUT2D eigenvalue weighted by Gasteiger charge is -2.09. The van der Waals surface area contributed by atoms with Crippen LogP contribution in [0.4, 0.5) is 4.39 Å². The summed E-state index contributed by atoms with van der Waals surface area (Å²) < 4.78 is 12.8. The molecule has 0 aliphatic carbocycles. The van der Waals surface area contributed by atoms with Crippen LogP contribution in [0, 0.1) is 5.82 Å². The molecule has 2 rings (SSSR count). The minimum Gasteiger partial charge on any atom is -0.348 e. The third kappa shape index (κ3) is 4.70. The first-order chi connectivity index (χ1) is 10.6. The highest BCUT2D eigenvalue weighted by Crippen LogP contribution is 2.22. The van der Waals surface area contributed by atoms with Crippen LogP contribution >= 0.6 is 11.8 Å². The Morgan fingerprint density at radius 1 is 1.09 bits per heavy atom. The van der Waals surface area contributed by atoms with Crippen LogP contribution in [0.25, 0.3) is 0 Å². The normalized spacial score (nSPS) is 10.3. The molecule has 114 valence electrons. The van der Waals surface area contributed by atoms with Gasteiger partial charge < -0.3 is 5.32 Å². The van der Waals surface area contributed by atoms with Gasteiger partial charge in [0.05, 0.1) is 11.3 Å². The molecule has 0 unspecified atom stereocenters. The van der Waals surface area contributed by atoms with Gasteiger partial charge in [0.2, 0.25) is 0 Å². The summed E-state index contributed by atoms with van der Waals surface area (Å²) >= 11 is 1.35. The predicted molar refractivity (Wildman–Crippen MR) is 85.4 cm³/mol. The van der Waals surface area contributed by atoms with Gasteiger partial charge in [0.15, 0.2) is 0 Å². The maximum Gasteiger partial charge on any atom is 0.252 e. The first-order valence-electron chi connectivity index (χ1n) is 6.80. The Labute approximate surface area is 132 Å². The average molecular weight is 317 g/mol. The number of ketones is 1. The summed E-state index contributed by atoms with van der Waals surface area (Å²) in [7, 11) is 0. The summed E-state index contributed by atoms with van der Waals surface area (Å²) in [6, 6.07) is 13.1. The van der Waals surface area contributed by atoms with E-state index < -0.39 is 0 Å². The van der Waals surface area contributed by atoms with Gasteiger partial charge in [-0.25, -0.2) is 4.39 Å². The molecule has 0 fully saturated rings. The number of carbonyl (C=O) groups is 2. The number of Topliss-reactive ketones (excluding diaryl/α,β-unsaturated/α-hetero) is 1. The van der Waals surface area contributed by atoms with Crippen molar-refractivity contribution in [1.29, 1.82) is 0 Å². The number of rotatable bonds is 6. The van der Waals surface area contributed by atoms with E-state index in [0.717, 1.165) is 10.5 Å². The standard InChI is InChI=1S/C17H16FNO2S/c1-12(20)11-22-16-5-3-2-4-15(16)17(21)19-10-13-6-8-14(18)9-7-13/h2-9H,10-11H2,1H3,(H,19,21). The second-order valence-corrected chi connectivity index (χ2v) is 5.81. The molecule has 1 N–H and O–H groups in total. The number of amides is 1. The highest BCUT2D eigenvalue weighted by atomic mass is 32.2. The van der Waals surface area contributed by atoms with Crippen LogP contribution in [-0.2, 0) is 11.3 Å². The van der Waals surface area contributed by atoms with E-state index in [9.17, 15) is 14.0 Å². The zero-order valence-electron chi connectivity index (χ0n) is 12.1. The highest BCUT2D eigenvalue weighted by molar-refractivity contribution is 8.00. The Morgan fingerprint density at radius 2 is 1.77 bits per heavy atom. The van der Waals surface area contributed by atoms with E-state index in [-0.39, 0.29) is 17.5 Å². The average Bonchev–Trinajstić information content (AvgIpc) is 2.52. The van der Waals surface area contributed by atoms with E-state index in [1.807, 2.05) is 12.1 Å². The molecular formula is C17H16FNO2S. The smallest absolute Gasteiger partial charge is 0.252 e. The Morgan fingerprint density at radius 3 is 2.45 bits per heavy atom. The number of nitrogens with one attached hydrogen (secondary N) is 1. The first-order valence-corrected chi connectivity index (χ1v) is 7.79. The lowest BCUT2D eigenvalue weighted by Crippen LogP contribution is -2.23. The molecule has 22 heavy (non-hydrogen) atoms. The van der Waals surface area contributed by atoms with Crippen molar-refractivity contribution in [2.24, 2.45) is 0 Å². The minimum absolute atomic E-state index is 0.0616. The molecule has 0 bridgehead atoms. The third-order valence-corrected chi connectivity index (χ3v) is 4.15. The fraction of sp³-hybridized carbons (Fsp3) is 0.176. The summed E-state index contributed by atoms with van der Waals surface area (Å²) in [4.78, 5) is 24.1. The molecule has 0 spiro atoms. The molecule has 0 aromatic heterocycles. The van der Waals surface area contributed by atoms with E-state index in [4.69, 9.17) is 0 Å². The zero-order chi connectivity index (χ0) is 15.9. The number of thioether (sulfide) groups is 1. The van der Waals surface area contributed by atoms with Gasteiger partial charge in [-0.05, 0) is 36.8 Å². The van der Waals surface area contributed by atoms with Crippen molar-refractivity contribution in [2.45, 2.75) is 18.4 Å². The fourth-order valence-electron chi connectivity index (χ4n) is 1.84. The van der Waals surface area contributed by atoms with Crippen molar-refractivity contribution < 1.29 is 14.0 Å². The van der Waals surface area contributed by atoms with Crippen LogP contribution in [-0.4, -0.2) is 17.4 Å². The quantitative estimate of drug-likeness (QED) is 0.830. The van der Waals surface area contributed by atoms with Gasteiger partial charge in [-0.3, -0.25) is 9.59 Å². The number of halogens is 1. The van der Waals surface area contributed by atoms with Gasteiger partial charge >= 0.3 is 0 Å². The van der Waals surface area contributed by atoms with Crippen LogP contribution in [0.1, 0.15) is 22.8 Å². The van der Waals surface area contributed by atoms with E-state index in [2.05, 4.69) is 5.32 Å². The summed E-state index contributed by atoms with van der Waals surface area (Å²) in [5.74, 6) is -0.119. The highest BCUT2D eigenvalue weighted by Gasteiger charge is 2.11. The molecule has 0 saturated heterocycles. The molecule has 0 aliphatic heterocycles. The second kappa shape index (κ2) is 7.75. The van der Waals surface area contributed by atoms with Crippen molar-refractivity contribution >= 4 is 23.5 Å². The molecule has 5 heteroatoms. The summed E-state index contributed by atoms with van der Waals surface area (Å²) in [5.41, 5.74) is 1.36. The van der Waals surface area contributed by atoms with Crippen LogP contribution in [0.2, 0.25) is 0 Å².